The fourth-order valence-corrected chi connectivity index (χ4v) is 3.54. The van der Waals surface area contributed by atoms with Gasteiger partial charge in [0.1, 0.15) is 18.4 Å². The number of amides is 2. The summed E-state index contributed by atoms with van der Waals surface area (Å²) in [4.78, 5) is 31.0. The molecule has 0 aliphatic rings. The second kappa shape index (κ2) is 12.9. The van der Waals surface area contributed by atoms with Crippen LogP contribution in [0.5, 0.6) is 0 Å². The number of aliphatic hydroxyl groups excluding tert-OH is 2. The van der Waals surface area contributed by atoms with Crippen molar-refractivity contribution in [3.05, 3.63) is 18.2 Å². The molecule has 0 aliphatic carbocycles. The molecule has 0 aromatic carbocycles. The maximum absolute atomic E-state index is 13.0. The van der Waals surface area contributed by atoms with Crippen molar-refractivity contribution >= 4 is 20.1 Å². The standard InChI is InChI=1S/C21H40N4O6Si/c1-21(2,3)31-20(29)23-18(19(28)25(7-9-26)8-10-27)13-17-14-24(15-22-17)16-30-11-12-32(4,5)6/h14-15,18,26-27H,7-13,16H2,1-6H3,(H,23,29)/t18-/m0/s1. The molecule has 184 valence electrons. The largest absolute Gasteiger partial charge is 0.444 e. The second-order valence-corrected chi connectivity index (χ2v) is 15.5. The highest BCUT2D eigenvalue weighted by atomic mass is 28.3. The zero-order valence-corrected chi connectivity index (χ0v) is 21.3. The Morgan fingerprint density at radius 2 is 1.84 bits per heavy atom. The van der Waals surface area contributed by atoms with E-state index in [2.05, 4.69) is 29.9 Å². The normalized spacial score (nSPS) is 13.0. The molecule has 0 saturated carbocycles. The van der Waals surface area contributed by atoms with Gasteiger partial charge in [-0.25, -0.2) is 9.78 Å². The number of aliphatic hydroxyl groups is 2. The van der Waals surface area contributed by atoms with Crippen molar-refractivity contribution in [3.8, 4) is 0 Å². The number of carbonyl (C=O) groups excluding carboxylic acids is 2. The first-order valence-electron chi connectivity index (χ1n) is 10.9. The quantitative estimate of drug-likeness (QED) is 0.293. The first-order valence-corrected chi connectivity index (χ1v) is 14.6. The van der Waals surface area contributed by atoms with Crippen LogP contribution in [0.2, 0.25) is 25.7 Å². The Hall–Kier alpha value is -1.95. The van der Waals surface area contributed by atoms with Crippen LogP contribution in [0.25, 0.3) is 0 Å². The van der Waals surface area contributed by atoms with Crippen molar-refractivity contribution in [2.24, 2.45) is 0 Å². The average Bonchev–Trinajstić information content (AvgIpc) is 3.09. The zero-order valence-electron chi connectivity index (χ0n) is 20.3. The smallest absolute Gasteiger partial charge is 0.408 e. The highest BCUT2D eigenvalue weighted by Crippen LogP contribution is 2.11. The lowest BCUT2D eigenvalue weighted by molar-refractivity contribution is -0.134. The van der Waals surface area contributed by atoms with Crippen molar-refractivity contribution in [2.45, 2.75) is 71.3 Å². The van der Waals surface area contributed by atoms with Gasteiger partial charge in [-0.05, 0) is 26.8 Å². The van der Waals surface area contributed by atoms with Crippen molar-refractivity contribution in [3.63, 3.8) is 0 Å². The van der Waals surface area contributed by atoms with Gasteiger partial charge in [0.2, 0.25) is 5.91 Å². The van der Waals surface area contributed by atoms with E-state index in [0.717, 1.165) is 6.04 Å². The molecule has 1 heterocycles. The summed E-state index contributed by atoms with van der Waals surface area (Å²) in [5.74, 6) is -0.431. The molecule has 0 spiro atoms. The Kier molecular flexibility index (Phi) is 11.3. The summed E-state index contributed by atoms with van der Waals surface area (Å²) in [5, 5.41) is 21.1. The molecule has 3 N–H and O–H groups in total. The number of imidazole rings is 1. The number of hydrogen-bond acceptors (Lipinski definition) is 7. The number of nitrogens with zero attached hydrogens (tertiary/aromatic N) is 3. The highest BCUT2D eigenvalue weighted by Gasteiger charge is 2.28. The molecule has 11 heteroatoms. The SMILES string of the molecule is CC(C)(C)OC(=O)N[C@@H](Cc1cn(COCC[Si](C)(C)C)cn1)C(=O)N(CCO)CCO. The summed E-state index contributed by atoms with van der Waals surface area (Å²) >= 11 is 0. The summed E-state index contributed by atoms with van der Waals surface area (Å²) in [6, 6.07) is 0.107. The number of rotatable bonds is 13. The van der Waals surface area contributed by atoms with Gasteiger partial charge in [-0.15, -0.1) is 0 Å². The van der Waals surface area contributed by atoms with Crippen molar-refractivity contribution in [2.75, 3.05) is 32.9 Å². The minimum Gasteiger partial charge on any atom is -0.444 e. The maximum Gasteiger partial charge on any atom is 0.408 e. The molecule has 0 saturated heterocycles. The Morgan fingerprint density at radius 3 is 2.38 bits per heavy atom. The minimum absolute atomic E-state index is 0.0469. The van der Waals surface area contributed by atoms with E-state index in [1.165, 1.54) is 4.90 Å². The van der Waals surface area contributed by atoms with Crippen LogP contribution in [0, 0.1) is 0 Å². The molecule has 1 atom stereocenters. The van der Waals surface area contributed by atoms with Crippen LogP contribution in [0.15, 0.2) is 12.5 Å². The van der Waals surface area contributed by atoms with Gasteiger partial charge in [0, 0.05) is 40.4 Å². The number of alkyl carbamates (subject to hydrolysis) is 1. The van der Waals surface area contributed by atoms with Gasteiger partial charge in [0.05, 0.1) is 25.2 Å². The number of carbonyl (C=O) groups is 2. The lowest BCUT2D eigenvalue weighted by Crippen LogP contribution is -2.52. The van der Waals surface area contributed by atoms with Crippen LogP contribution in [0.1, 0.15) is 26.5 Å². The van der Waals surface area contributed by atoms with E-state index in [4.69, 9.17) is 9.47 Å². The van der Waals surface area contributed by atoms with E-state index in [1.54, 1.807) is 37.9 Å². The van der Waals surface area contributed by atoms with Gasteiger partial charge in [0.25, 0.3) is 0 Å². The molecule has 0 radical (unpaired) electrons. The molecule has 1 rings (SSSR count). The molecular formula is C21H40N4O6Si. The molecule has 0 unspecified atom stereocenters. The number of ether oxygens (including phenoxy) is 2. The Labute approximate surface area is 191 Å². The van der Waals surface area contributed by atoms with Crippen LogP contribution in [0.4, 0.5) is 4.79 Å². The number of nitrogens with one attached hydrogen (secondary N) is 1. The van der Waals surface area contributed by atoms with Crippen LogP contribution >= 0.6 is 0 Å². The lowest BCUT2D eigenvalue weighted by atomic mass is 10.1. The summed E-state index contributed by atoms with van der Waals surface area (Å²) in [6.07, 6.45) is 2.80. The predicted octanol–water partition coefficient (Wildman–Crippen LogP) is 1.44. The third-order valence-corrected chi connectivity index (χ3v) is 6.08. The van der Waals surface area contributed by atoms with E-state index in [0.29, 0.717) is 19.0 Å². The zero-order chi connectivity index (χ0) is 24.4. The third-order valence-electron chi connectivity index (χ3n) is 4.38. The molecule has 32 heavy (non-hydrogen) atoms. The molecule has 0 fully saturated rings. The van der Waals surface area contributed by atoms with Crippen molar-refractivity contribution < 1.29 is 29.3 Å². The summed E-state index contributed by atoms with van der Waals surface area (Å²) in [6.45, 7) is 12.7. The number of aromatic nitrogens is 2. The van der Waals surface area contributed by atoms with Crippen LogP contribution in [-0.2, 0) is 27.4 Å². The third kappa shape index (κ3) is 11.6. The number of hydrogen-bond donors (Lipinski definition) is 3. The van der Waals surface area contributed by atoms with Crippen molar-refractivity contribution in [1.82, 2.24) is 19.8 Å². The van der Waals surface area contributed by atoms with Crippen LogP contribution < -0.4 is 5.32 Å². The molecule has 0 aliphatic heterocycles. The van der Waals surface area contributed by atoms with Crippen LogP contribution in [-0.4, -0.2) is 89.3 Å². The molecule has 1 aromatic heterocycles. The van der Waals surface area contributed by atoms with Gasteiger partial charge < -0.3 is 34.5 Å². The average molecular weight is 473 g/mol. The summed E-state index contributed by atoms with van der Waals surface area (Å²) in [7, 11) is -1.16. The maximum atomic E-state index is 13.0. The van der Waals surface area contributed by atoms with Crippen molar-refractivity contribution in [1.29, 1.82) is 0 Å². The van der Waals surface area contributed by atoms with Crippen LogP contribution in [0.3, 0.4) is 0 Å². The highest BCUT2D eigenvalue weighted by molar-refractivity contribution is 6.76. The minimum atomic E-state index is -1.16. The van der Waals surface area contributed by atoms with Gasteiger partial charge in [-0.2, -0.15) is 0 Å². The fourth-order valence-electron chi connectivity index (χ4n) is 2.78. The van der Waals surface area contributed by atoms with Gasteiger partial charge in [-0.3, -0.25) is 4.79 Å². The van der Waals surface area contributed by atoms with E-state index in [1.807, 2.05) is 0 Å². The van der Waals surface area contributed by atoms with Gasteiger partial charge in [0.15, 0.2) is 0 Å². The van der Waals surface area contributed by atoms with Gasteiger partial charge >= 0.3 is 6.09 Å². The predicted molar refractivity (Wildman–Crippen MR) is 124 cm³/mol. The first kappa shape index (κ1) is 28.1. The molecular weight excluding hydrogens is 432 g/mol. The molecule has 2 amide bonds. The monoisotopic (exact) mass is 472 g/mol. The molecule has 10 nitrogen and oxygen atoms in total. The molecule has 1 aromatic rings. The Bertz CT molecular complexity index is 708. The Balaban J connectivity index is 2.85. The first-order chi connectivity index (χ1) is 14.8. The Morgan fingerprint density at radius 1 is 1.22 bits per heavy atom. The summed E-state index contributed by atoms with van der Waals surface area (Å²) < 4.78 is 12.8. The van der Waals surface area contributed by atoms with E-state index >= 15 is 0 Å². The fraction of sp³-hybridized carbons (Fsp3) is 0.762. The van der Waals surface area contributed by atoms with Gasteiger partial charge in [-0.1, -0.05) is 19.6 Å². The lowest BCUT2D eigenvalue weighted by Gasteiger charge is -2.27. The van der Waals surface area contributed by atoms with E-state index < -0.39 is 31.7 Å². The van der Waals surface area contributed by atoms with E-state index in [-0.39, 0.29) is 32.7 Å². The second-order valence-electron chi connectivity index (χ2n) is 9.90. The summed E-state index contributed by atoms with van der Waals surface area (Å²) in [5.41, 5.74) is -0.122. The van der Waals surface area contributed by atoms with E-state index in [9.17, 15) is 19.8 Å². The molecule has 0 bridgehead atoms. The topological polar surface area (TPSA) is 126 Å².